The van der Waals surface area contributed by atoms with Gasteiger partial charge < -0.3 is 15.2 Å². The van der Waals surface area contributed by atoms with Crippen LogP contribution in [-0.2, 0) is 19.8 Å². The Hall–Kier alpha value is -1.60. The summed E-state index contributed by atoms with van der Waals surface area (Å²) in [4.78, 5) is 17.3. The number of rotatable bonds is 4. The maximum absolute atomic E-state index is 14.9. The van der Waals surface area contributed by atoms with Crippen molar-refractivity contribution in [2.75, 3.05) is 18.6 Å². The van der Waals surface area contributed by atoms with Crippen LogP contribution in [0.25, 0.3) is 0 Å². The van der Waals surface area contributed by atoms with Crippen LogP contribution in [0, 0.1) is 11.7 Å². The van der Waals surface area contributed by atoms with Gasteiger partial charge in [-0.25, -0.2) is 4.39 Å². The second-order valence-corrected chi connectivity index (χ2v) is 9.67. The number of carbonyl (C=O) groups excluding carboxylic acids is 1. The van der Waals surface area contributed by atoms with Gasteiger partial charge in [0.15, 0.2) is 0 Å². The first-order valence-corrected chi connectivity index (χ1v) is 10.6. The molecule has 1 saturated carbocycles. The largest absolute Gasteiger partial charge is 0.460 e. The topological polar surface area (TPSA) is 73.9 Å². The second kappa shape index (κ2) is 8.03. The number of nitrogens with two attached hydrogens (primary N) is 1. The number of esters is 1. The lowest BCUT2D eigenvalue weighted by molar-refractivity contribution is -0.153. The molecule has 0 bridgehead atoms. The predicted octanol–water partition coefficient (Wildman–Crippen LogP) is 4.30. The SMILES string of the molecule is CO[C@H]1CCC2(c3cc(N)ccc3F)N=C(CC(=O)OC(C)(C)C)SC[C@@H]2C1. The summed E-state index contributed by atoms with van der Waals surface area (Å²) in [7, 11) is 1.71. The number of ether oxygens (including phenoxy) is 2. The highest BCUT2D eigenvalue weighted by atomic mass is 32.2. The molecule has 2 N–H and O–H groups in total. The minimum atomic E-state index is -0.711. The molecule has 154 valence electrons. The fourth-order valence-corrected chi connectivity index (χ4v) is 5.37. The molecule has 0 saturated heterocycles. The molecule has 7 heteroatoms. The van der Waals surface area contributed by atoms with Crippen LogP contribution in [0.5, 0.6) is 0 Å². The van der Waals surface area contributed by atoms with Gasteiger partial charge in [-0.1, -0.05) is 0 Å². The molecule has 0 spiro atoms. The second-order valence-electron chi connectivity index (χ2n) is 8.57. The Kier molecular flexibility index (Phi) is 6.05. The van der Waals surface area contributed by atoms with Gasteiger partial charge in [-0.2, -0.15) is 0 Å². The van der Waals surface area contributed by atoms with Crippen molar-refractivity contribution in [3.05, 3.63) is 29.6 Å². The molecule has 1 aliphatic heterocycles. The third kappa shape index (κ3) is 4.51. The molecule has 28 heavy (non-hydrogen) atoms. The van der Waals surface area contributed by atoms with E-state index < -0.39 is 11.1 Å². The van der Waals surface area contributed by atoms with Gasteiger partial charge in [0.25, 0.3) is 0 Å². The van der Waals surface area contributed by atoms with E-state index in [1.54, 1.807) is 31.0 Å². The van der Waals surface area contributed by atoms with Gasteiger partial charge in [-0.15, -0.1) is 11.8 Å². The van der Waals surface area contributed by atoms with Gasteiger partial charge in [-0.05, 0) is 58.2 Å². The smallest absolute Gasteiger partial charge is 0.312 e. The molecule has 0 aromatic heterocycles. The van der Waals surface area contributed by atoms with Gasteiger partial charge in [0.1, 0.15) is 11.4 Å². The average molecular weight is 409 g/mol. The Morgan fingerprint density at radius 1 is 1.43 bits per heavy atom. The van der Waals surface area contributed by atoms with Crippen molar-refractivity contribution in [1.82, 2.24) is 0 Å². The molecule has 0 radical (unpaired) electrons. The quantitative estimate of drug-likeness (QED) is 0.594. The van der Waals surface area contributed by atoms with Crippen LogP contribution in [0.2, 0.25) is 0 Å². The van der Waals surface area contributed by atoms with Gasteiger partial charge in [-0.3, -0.25) is 9.79 Å². The maximum atomic E-state index is 14.9. The number of carbonyl (C=O) groups is 1. The van der Waals surface area contributed by atoms with E-state index in [4.69, 9.17) is 20.2 Å². The molecule has 2 aliphatic rings. The highest BCUT2D eigenvalue weighted by molar-refractivity contribution is 8.14. The number of methoxy groups -OCH3 is 1. The summed E-state index contributed by atoms with van der Waals surface area (Å²) in [5.74, 6) is 0.263. The zero-order valence-electron chi connectivity index (χ0n) is 17.0. The van der Waals surface area contributed by atoms with Crippen LogP contribution in [0.3, 0.4) is 0 Å². The zero-order chi connectivity index (χ0) is 20.5. The number of hydrogen-bond acceptors (Lipinski definition) is 6. The van der Waals surface area contributed by atoms with Crippen LogP contribution in [0.15, 0.2) is 23.2 Å². The lowest BCUT2D eigenvalue weighted by Crippen LogP contribution is -2.46. The van der Waals surface area contributed by atoms with Crippen LogP contribution < -0.4 is 5.73 Å². The Balaban J connectivity index is 1.97. The summed E-state index contributed by atoms with van der Waals surface area (Å²) in [6.07, 6.45) is 2.50. The van der Waals surface area contributed by atoms with Crippen LogP contribution >= 0.6 is 11.8 Å². The molecule has 3 rings (SSSR count). The van der Waals surface area contributed by atoms with E-state index in [0.717, 1.165) is 18.6 Å². The van der Waals surface area contributed by atoms with Crippen LogP contribution in [-0.4, -0.2) is 35.6 Å². The maximum Gasteiger partial charge on any atom is 0.312 e. The van der Waals surface area contributed by atoms with Crippen molar-refractivity contribution in [3.8, 4) is 0 Å². The standard InChI is InChI=1S/C21H29FN2O3S/c1-20(2,3)27-19(25)11-18-24-21(16-10-14(23)5-6-17(16)22)8-7-15(26-4)9-13(21)12-28-18/h5-6,10,13,15H,7-9,11-12,23H2,1-4H3/t13-,15-,21?/m0/s1. The highest BCUT2D eigenvalue weighted by Gasteiger charge is 2.48. The summed E-state index contributed by atoms with van der Waals surface area (Å²) in [5.41, 5.74) is 5.75. The lowest BCUT2D eigenvalue weighted by Gasteiger charge is -2.46. The van der Waals surface area contributed by atoms with Gasteiger partial charge in [0, 0.05) is 30.0 Å². The first kappa shape index (κ1) is 21.1. The molecular weight excluding hydrogens is 379 g/mol. The number of hydrogen-bond donors (Lipinski definition) is 1. The number of halogens is 1. The predicted molar refractivity (Wildman–Crippen MR) is 111 cm³/mol. The third-order valence-electron chi connectivity index (χ3n) is 5.35. The van der Waals surface area contributed by atoms with E-state index in [1.165, 1.54) is 6.07 Å². The third-order valence-corrected chi connectivity index (χ3v) is 6.49. The number of nitrogen functional groups attached to an aromatic ring is 1. The minimum Gasteiger partial charge on any atom is -0.460 e. The first-order chi connectivity index (χ1) is 13.1. The number of anilines is 1. The van der Waals surface area contributed by atoms with E-state index in [0.29, 0.717) is 22.7 Å². The number of aliphatic imine (C=N–C) groups is 1. The van der Waals surface area contributed by atoms with Crippen molar-refractivity contribution in [3.63, 3.8) is 0 Å². The fourth-order valence-electron chi connectivity index (χ4n) is 4.12. The van der Waals surface area contributed by atoms with Crippen molar-refractivity contribution < 1.29 is 18.7 Å². The van der Waals surface area contributed by atoms with E-state index in [1.807, 2.05) is 20.8 Å². The van der Waals surface area contributed by atoms with Gasteiger partial charge >= 0.3 is 5.97 Å². The van der Waals surface area contributed by atoms with E-state index in [2.05, 4.69) is 0 Å². The Labute approximate surface area is 170 Å². The van der Waals surface area contributed by atoms with Crippen molar-refractivity contribution in [2.24, 2.45) is 10.9 Å². The van der Waals surface area contributed by atoms with Gasteiger partial charge in [0.2, 0.25) is 0 Å². The van der Waals surface area contributed by atoms with Crippen LogP contribution in [0.1, 0.15) is 52.0 Å². The molecule has 1 aromatic rings. The van der Waals surface area contributed by atoms with Crippen molar-refractivity contribution in [2.45, 2.75) is 63.7 Å². The van der Waals surface area contributed by atoms with Crippen molar-refractivity contribution in [1.29, 1.82) is 0 Å². The Morgan fingerprint density at radius 2 is 2.18 bits per heavy atom. The molecule has 1 aromatic carbocycles. The minimum absolute atomic E-state index is 0.105. The number of thioether (sulfide) groups is 1. The molecule has 3 atom stereocenters. The summed E-state index contributed by atoms with van der Waals surface area (Å²) >= 11 is 1.56. The monoisotopic (exact) mass is 408 g/mol. The summed E-state index contributed by atoms with van der Waals surface area (Å²) in [6, 6.07) is 4.66. The molecule has 0 amide bonds. The molecule has 1 aliphatic carbocycles. The number of benzene rings is 1. The molecular formula is C21H29FN2O3S. The van der Waals surface area contributed by atoms with E-state index in [9.17, 15) is 9.18 Å². The van der Waals surface area contributed by atoms with Gasteiger partial charge in [0.05, 0.1) is 23.1 Å². The highest BCUT2D eigenvalue weighted by Crippen LogP contribution is 2.51. The van der Waals surface area contributed by atoms with E-state index >= 15 is 0 Å². The van der Waals surface area contributed by atoms with Crippen molar-refractivity contribution >= 4 is 28.5 Å². The lowest BCUT2D eigenvalue weighted by atomic mass is 9.68. The Morgan fingerprint density at radius 3 is 2.86 bits per heavy atom. The molecule has 5 nitrogen and oxygen atoms in total. The summed E-state index contributed by atoms with van der Waals surface area (Å²) < 4.78 is 25.9. The number of fused-ring (bicyclic) bond motifs is 1. The molecule has 1 heterocycles. The molecule has 1 unspecified atom stereocenters. The van der Waals surface area contributed by atoms with E-state index in [-0.39, 0.29) is 30.2 Å². The Bertz CT molecular complexity index is 777. The fraction of sp³-hybridized carbons (Fsp3) is 0.619. The molecule has 1 fully saturated rings. The first-order valence-electron chi connectivity index (χ1n) is 9.64. The zero-order valence-corrected chi connectivity index (χ0v) is 17.8. The van der Waals surface area contributed by atoms with Crippen LogP contribution in [0.4, 0.5) is 10.1 Å². The summed E-state index contributed by atoms with van der Waals surface area (Å²) in [5, 5.41) is 0.697. The summed E-state index contributed by atoms with van der Waals surface area (Å²) in [6.45, 7) is 5.52. The number of nitrogens with zero attached hydrogens (tertiary/aromatic N) is 1. The normalized spacial score (nSPS) is 27.7. The average Bonchev–Trinajstić information content (AvgIpc) is 2.61.